The van der Waals surface area contributed by atoms with E-state index in [9.17, 15) is 0 Å². The molecule has 0 heterocycles. The molecule has 112 valence electrons. The molecule has 0 saturated heterocycles. The SMILES string of the molecule is COc1ccc(C(C)(C)C)cc1NC(=N)NC(=N)N.Cl. The third-order valence-corrected chi connectivity index (χ3v) is 2.58. The van der Waals surface area contributed by atoms with Crippen LogP contribution in [0, 0.1) is 10.8 Å². The second kappa shape index (κ2) is 7.00. The van der Waals surface area contributed by atoms with Gasteiger partial charge in [0.15, 0.2) is 11.9 Å². The average Bonchev–Trinajstić information content (AvgIpc) is 2.26. The van der Waals surface area contributed by atoms with Crippen LogP contribution in [0.3, 0.4) is 0 Å². The molecule has 20 heavy (non-hydrogen) atoms. The van der Waals surface area contributed by atoms with Gasteiger partial charge in [-0.1, -0.05) is 26.8 Å². The van der Waals surface area contributed by atoms with E-state index in [-0.39, 0.29) is 29.7 Å². The van der Waals surface area contributed by atoms with Crippen LogP contribution in [0.4, 0.5) is 5.69 Å². The lowest BCUT2D eigenvalue weighted by atomic mass is 9.87. The third-order valence-electron chi connectivity index (χ3n) is 2.58. The van der Waals surface area contributed by atoms with E-state index in [0.717, 1.165) is 5.56 Å². The monoisotopic (exact) mass is 299 g/mol. The lowest BCUT2D eigenvalue weighted by Gasteiger charge is -2.21. The first-order chi connectivity index (χ1) is 8.74. The highest BCUT2D eigenvalue weighted by Gasteiger charge is 2.16. The van der Waals surface area contributed by atoms with Crippen molar-refractivity contribution in [2.75, 3.05) is 12.4 Å². The normalized spacial score (nSPS) is 10.2. The first-order valence-corrected chi connectivity index (χ1v) is 5.89. The lowest BCUT2D eigenvalue weighted by molar-refractivity contribution is 0.416. The van der Waals surface area contributed by atoms with Crippen LogP contribution in [0.15, 0.2) is 18.2 Å². The smallest absolute Gasteiger partial charge is 0.199 e. The molecule has 1 aromatic rings. The summed E-state index contributed by atoms with van der Waals surface area (Å²) in [4.78, 5) is 0. The molecule has 0 saturated carbocycles. The van der Waals surface area contributed by atoms with Gasteiger partial charge in [-0.05, 0) is 23.1 Å². The van der Waals surface area contributed by atoms with Gasteiger partial charge in [-0.25, -0.2) is 0 Å². The van der Waals surface area contributed by atoms with E-state index in [4.69, 9.17) is 21.3 Å². The highest BCUT2D eigenvalue weighted by Crippen LogP contribution is 2.31. The number of anilines is 1. The van der Waals surface area contributed by atoms with Crippen LogP contribution in [0.1, 0.15) is 26.3 Å². The predicted octanol–water partition coefficient (Wildman–Crippen LogP) is 2.24. The summed E-state index contributed by atoms with van der Waals surface area (Å²) in [6, 6.07) is 5.77. The van der Waals surface area contributed by atoms with Gasteiger partial charge in [0, 0.05) is 0 Å². The van der Waals surface area contributed by atoms with Crippen molar-refractivity contribution >= 4 is 30.0 Å². The standard InChI is InChI=1S/C13H21N5O.ClH/c1-13(2,3)8-5-6-10(19-4)9(7-8)17-12(16)18-11(14)15;/h5-7H,1-4H3,(H6,14,15,16,17,18);1H. The van der Waals surface area contributed by atoms with Crippen molar-refractivity contribution in [2.45, 2.75) is 26.2 Å². The lowest BCUT2D eigenvalue weighted by Crippen LogP contribution is -2.39. The van der Waals surface area contributed by atoms with E-state index in [1.165, 1.54) is 0 Å². The topological polar surface area (TPSA) is 107 Å². The van der Waals surface area contributed by atoms with Crippen LogP contribution in [0.5, 0.6) is 5.75 Å². The highest BCUT2D eigenvalue weighted by molar-refractivity contribution is 6.02. The van der Waals surface area contributed by atoms with Gasteiger partial charge in [-0.15, -0.1) is 12.4 Å². The number of benzene rings is 1. The van der Waals surface area contributed by atoms with Crippen molar-refractivity contribution < 1.29 is 4.74 Å². The molecule has 0 aliphatic heterocycles. The van der Waals surface area contributed by atoms with Crippen molar-refractivity contribution in [2.24, 2.45) is 5.73 Å². The molecule has 1 aromatic carbocycles. The van der Waals surface area contributed by atoms with Crippen LogP contribution in [0.2, 0.25) is 0 Å². The van der Waals surface area contributed by atoms with Gasteiger partial charge < -0.3 is 15.8 Å². The molecule has 6 nitrogen and oxygen atoms in total. The Morgan fingerprint density at radius 2 is 1.85 bits per heavy atom. The van der Waals surface area contributed by atoms with Crippen molar-refractivity contribution in [1.29, 1.82) is 10.8 Å². The molecule has 6 N–H and O–H groups in total. The fourth-order valence-corrected chi connectivity index (χ4v) is 1.57. The number of halogens is 1. The number of guanidine groups is 2. The molecule has 0 aliphatic carbocycles. The quantitative estimate of drug-likeness (QED) is 0.426. The Kier molecular flexibility index (Phi) is 6.32. The summed E-state index contributed by atoms with van der Waals surface area (Å²) in [5, 5.41) is 20.0. The van der Waals surface area contributed by atoms with Crippen molar-refractivity contribution in [3.05, 3.63) is 23.8 Å². The van der Waals surface area contributed by atoms with E-state index in [1.807, 2.05) is 18.2 Å². The fourth-order valence-electron chi connectivity index (χ4n) is 1.57. The Hall–Kier alpha value is -1.95. The Labute approximate surface area is 125 Å². The number of hydrogen-bond acceptors (Lipinski definition) is 3. The zero-order valence-corrected chi connectivity index (χ0v) is 12.9. The average molecular weight is 300 g/mol. The van der Waals surface area contributed by atoms with Crippen molar-refractivity contribution in [3.8, 4) is 5.75 Å². The fraction of sp³-hybridized carbons (Fsp3) is 0.385. The summed E-state index contributed by atoms with van der Waals surface area (Å²) in [7, 11) is 1.57. The summed E-state index contributed by atoms with van der Waals surface area (Å²) in [6.45, 7) is 6.33. The summed E-state index contributed by atoms with van der Waals surface area (Å²) in [5.74, 6) is 0.267. The molecule has 0 radical (unpaired) electrons. The number of nitrogens with two attached hydrogens (primary N) is 1. The van der Waals surface area contributed by atoms with Crippen LogP contribution >= 0.6 is 12.4 Å². The van der Waals surface area contributed by atoms with Crippen LogP contribution in [-0.2, 0) is 5.41 Å². The minimum absolute atomic E-state index is 0. The zero-order valence-electron chi connectivity index (χ0n) is 12.1. The molecule has 0 atom stereocenters. The minimum Gasteiger partial charge on any atom is -0.495 e. The highest BCUT2D eigenvalue weighted by atomic mass is 35.5. The van der Waals surface area contributed by atoms with E-state index < -0.39 is 0 Å². The number of hydrogen-bond donors (Lipinski definition) is 5. The largest absolute Gasteiger partial charge is 0.495 e. The number of rotatable bonds is 2. The molecule has 0 bridgehead atoms. The van der Waals surface area contributed by atoms with E-state index >= 15 is 0 Å². The molecule has 0 aliphatic rings. The Balaban J connectivity index is 0.00000361. The van der Waals surface area contributed by atoms with Gasteiger partial charge in [0.25, 0.3) is 0 Å². The minimum atomic E-state index is -0.288. The maximum atomic E-state index is 7.66. The second-order valence-corrected chi connectivity index (χ2v) is 5.20. The van der Waals surface area contributed by atoms with Gasteiger partial charge in [0.2, 0.25) is 0 Å². The number of ether oxygens (including phenoxy) is 1. The van der Waals surface area contributed by atoms with Gasteiger partial charge >= 0.3 is 0 Å². The van der Waals surface area contributed by atoms with Crippen LogP contribution < -0.4 is 21.1 Å². The number of nitrogens with one attached hydrogen (secondary N) is 4. The van der Waals surface area contributed by atoms with Crippen LogP contribution in [-0.4, -0.2) is 19.0 Å². The maximum Gasteiger partial charge on any atom is 0.199 e. The van der Waals surface area contributed by atoms with Crippen molar-refractivity contribution in [3.63, 3.8) is 0 Å². The zero-order chi connectivity index (χ0) is 14.6. The Morgan fingerprint density at radius 1 is 1.25 bits per heavy atom. The Bertz CT molecular complexity index is 496. The molecule has 1 rings (SSSR count). The summed E-state index contributed by atoms with van der Waals surface area (Å²) in [6.07, 6.45) is 0. The molecule has 0 unspecified atom stereocenters. The van der Waals surface area contributed by atoms with E-state index in [1.54, 1.807) is 7.11 Å². The first-order valence-electron chi connectivity index (χ1n) is 5.89. The van der Waals surface area contributed by atoms with Gasteiger partial charge in [0.1, 0.15) is 5.75 Å². The second-order valence-electron chi connectivity index (χ2n) is 5.20. The maximum absolute atomic E-state index is 7.66. The van der Waals surface area contributed by atoms with E-state index in [0.29, 0.717) is 11.4 Å². The molecular weight excluding hydrogens is 278 g/mol. The summed E-state index contributed by atoms with van der Waals surface area (Å²) < 4.78 is 5.25. The molecule has 0 fully saturated rings. The molecular formula is C13H22ClN5O. The van der Waals surface area contributed by atoms with Gasteiger partial charge in [0.05, 0.1) is 12.8 Å². The van der Waals surface area contributed by atoms with Crippen LogP contribution in [0.25, 0.3) is 0 Å². The molecule has 7 heteroatoms. The Morgan fingerprint density at radius 3 is 2.30 bits per heavy atom. The van der Waals surface area contributed by atoms with E-state index in [2.05, 4.69) is 31.4 Å². The summed E-state index contributed by atoms with van der Waals surface area (Å²) in [5.41, 5.74) is 6.95. The summed E-state index contributed by atoms with van der Waals surface area (Å²) >= 11 is 0. The van der Waals surface area contributed by atoms with Gasteiger partial charge in [-0.2, -0.15) is 0 Å². The molecule has 0 aromatic heterocycles. The third kappa shape index (κ3) is 4.97. The first kappa shape index (κ1) is 18.0. The predicted molar refractivity (Wildman–Crippen MR) is 85.3 cm³/mol. The van der Waals surface area contributed by atoms with Gasteiger partial charge in [-0.3, -0.25) is 16.1 Å². The molecule has 0 spiro atoms. The number of methoxy groups -OCH3 is 1. The molecule has 0 amide bonds. The van der Waals surface area contributed by atoms with Crippen molar-refractivity contribution in [1.82, 2.24) is 5.32 Å².